The summed E-state index contributed by atoms with van der Waals surface area (Å²) in [5.74, 6) is 0.735. The predicted molar refractivity (Wildman–Crippen MR) is 98.3 cm³/mol. The summed E-state index contributed by atoms with van der Waals surface area (Å²) in [7, 11) is 0. The first-order valence-corrected chi connectivity index (χ1v) is 8.94. The van der Waals surface area contributed by atoms with Crippen LogP contribution in [-0.2, 0) is 0 Å². The number of H-pyrrole nitrogens is 1. The average Bonchev–Trinajstić information content (AvgIpc) is 3.02. The highest BCUT2D eigenvalue weighted by molar-refractivity contribution is 7.99. The van der Waals surface area contributed by atoms with Gasteiger partial charge in [0.05, 0.1) is 10.8 Å². The minimum atomic E-state index is -0.0208. The van der Waals surface area contributed by atoms with Crippen molar-refractivity contribution in [3.8, 4) is 11.4 Å². The molecule has 0 radical (unpaired) electrons. The fraction of sp³-hybridized carbons (Fsp3) is 0.0625. The van der Waals surface area contributed by atoms with E-state index in [1.807, 2.05) is 0 Å². The van der Waals surface area contributed by atoms with Gasteiger partial charge in [0, 0.05) is 21.2 Å². The first kappa shape index (κ1) is 17.3. The Morgan fingerprint density at radius 3 is 2.46 bits per heavy atom. The van der Waals surface area contributed by atoms with E-state index >= 15 is 0 Å². The summed E-state index contributed by atoms with van der Waals surface area (Å²) in [6, 6.07) is 11.9. The number of aromatic nitrogens is 3. The fourth-order valence-electron chi connectivity index (χ4n) is 1.96. The van der Waals surface area contributed by atoms with Gasteiger partial charge < -0.3 is 0 Å². The molecule has 2 aromatic carbocycles. The van der Waals surface area contributed by atoms with Crippen molar-refractivity contribution in [3.63, 3.8) is 0 Å². The standard InChI is InChI=1S/C16H10Cl3N3OS/c17-10-3-1-9(2-4-10)14(23)8-24-16-20-15(21-22-16)12-6-5-11(18)7-13(12)19/h1-7H,8H2,(H,20,21,22). The quantitative estimate of drug-likeness (QED) is 0.461. The average molecular weight is 399 g/mol. The molecular weight excluding hydrogens is 389 g/mol. The van der Waals surface area contributed by atoms with Gasteiger partial charge in [-0.25, -0.2) is 4.98 Å². The van der Waals surface area contributed by atoms with Crippen molar-refractivity contribution in [2.45, 2.75) is 5.16 Å². The number of halogens is 3. The summed E-state index contributed by atoms with van der Waals surface area (Å²) in [5, 5.41) is 9.01. The first-order valence-electron chi connectivity index (χ1n) is 6.82. The third-order valence-electron chi connectivity index (χ3n) is 3.15. The third kappa shape index (κ3) is 4.11. The summed E-state index contributed by atoms with van der Waals surface area (Å²) in [4.78, 5) is 16.5. The molecule has 0 amide bonds. The molecular formula is C16H10Cl3N3OS. The molecule has 0 fully saturated rings. The van der Waals surface area contributed by atoms with Gasteiger partial charge in [-0.15, -0.1) is 5.10 Å². The number of hydrogen-bond acceptors (Lipinski definition) is 4. The van der Waals surface area contributed by atoms with Crippen molar-refractivity contribution < 1.29 is 4.79 Å². The van der Waals surface area contributed by atoms with Crippen LogP contribution >= 0.6 is 46.6 Å². The zero-order chi connectivity index (χ0) is 17.1. The number of carbonyl (C=O) groups excluding carboxylic acids is 1. The Bertz CT molecular complexity index is 881. The lowest BCUT2D eigenvalue weighted by atomic mass is 10.1. The monoisotopic (exact) mass is 397 g/mol. The van der Waals surface area contributed by atoms with Crippen molar-refractivity contribution in [1.82, 2.24) is 15.2 Å². The molecule has 8 heteroatoms. The molecule has 0 aliphatic carbocycles. The molecule has 0 bridgehead atoms. The molecule has 0 aliphatic rings. The Labute approximate surface area is 157 Å². The molecule has 0 atom stereocenters. The van der Waals surface area contributed by atoms with Gasteiger partial charge in [0.25, 0.3) is 0 Å². The van der Waals surface area contributed by atoms with Crippen molar-refractivity contribution in [3.05, 3.63) is 63.1 Å². The summed E-state index contributed by atoms with van der Waals surface area (Å²) in [5.41, 5.74) is 1.30. The Morgan fingerprint density at radius 2 is 1.75 bits per heavy atom. The van der Waals surface area contributed by atoms with Gasteiger partial charge in [-0.1, -0.05) is 46.6 Å². The lowest BCUT2D eigenvalue weighted by Gasteiger charge is -2.00. The minimum absolute atomic E-state index is 0.0208. The maximum Gasteiger partial charge on any atom is 0.209 e. The second kappa shape index (κ2) is 7.57. The topological polar surface area (TPSA) is 58.6 Å². The molecule has 0 aliphatic heterocycles. The number of thioether (sulfide) groups is 1. The summed E-state index contributed by atoms with van der Waals surface area (Å²) < 4.78 is 0. The van der Waals surface area contributed by atoms with Gasteiger partial charge in [-0.3, -0.25) is 9.89 Å². The van der Waals surface area contributed by atoms with Crippen molar-refractivity contribution in [2.24, 2.45) is 0 Å². The number of rotatable bonds is 5. The molecule has 3 aromatic rings. The zero-order valence-electron chi connectivity index (χ0n) is 12.1. The van der Waals surface area contributed by atoms with E-state index in [1.165, 1.54) is 11.8 Å². The van der Waals surface area contributed by atoms with Crippen LogP contribution in [0.1, 0.15) is 10.4 Å². The van der Waals surface area contributed by atoms with Crippen LogP contribution < -0.4 is 0 Å². The van der Waals surface area contributed by atoms with Crippen molar-refractivity contribution >= 4 is 52.3 Å². The number of nitrogens with one attached hydrogen (secondary N) is 1. The maximum absolute atomic E-state index is 12.1. The molecule has 24 heavy (non-hydrogen) atoms. The van der Waals surface area contributed by atoms with Crippen LogP contribution in [0, 0.1) is 0 Å². The van der Waals surface area contributed by atoms with Crippen LogP contribution in [0.25, 0.3) is 11.4 Å². The highest BCUT2D eigenvalue weighted by atomic mass is 35.5. The predicted octanol–water partition coefficient (Wildman–Crippen LogP) is 5.41. The molecule has 0 spiro atoms. The molecule has 1 N–H and O–H groups in total. The van der Waals surface area contributed by atoms with Crippen LogP contribution in [0.5, 0.6) is 0 Å². The third-order valence-corrected chi connectivity index (χ3v) is 4.80. The zero-order valence-corrected chi connectivity index (χ0v) is 15.2. The maximum atomic E-state index is 12.1. The van der Waals surface area contributed by atoms with Crippen LogP contribution in [0.15, 0.2) is 47.6 Å². The number of nitrogens with zero attached hydrogens (tertiary/aromatic N) is 2. The van der Waals surface area contributed by atoms with Crippen molar-refractivity contribution in [1.29, 1.82) is 0 Å². The molecule has 122 valence electrons. The van der Waals surface area contributed by atoms with Crippen LogP contribution in [0.4, 0.5) is 0 Å². The van der Waals surface area contributed by atoms with Gasteiger partial charge in [-0.05, 0) is 42.5 Å². The summed E-state index contributed by atoms with van der Waals surface area (Å²) in [6.07, 6.45) is 0. The molecule has 3 rings (SSSR count). The molecule has 0 saturated carbocycles. The first-order chi connectivity index (χ1) is 11.5. The highest BCUT2D eigenvalue weighted by Crippen LogP contribution is 2.29. The molecule has 0 unspecified atom stereocenters. The van der Waals surface area contributed by atoms with Gasteiger partial charge in [0.2, 0.25) is 5.16 Å². The second-order valence-corrected chi connectivity index (χ2v) is 7.03. The van der Waals surface area contributed by atoms with E-state index < -0.39 is 0 Å². The number of benzene rings is 2. The van der Waals surface area contributed by atoms with E-state index in [2.05, 4.69) is 15.2 Å². The smallest absolute Gasteiger partial charge is 0.209 e. The van der Waals surface area contributed by atoms with Gasteiger partial charge in [0.1, 0.15) is 0 Å². The fourth-order valence-corrected chi connectivity index (χ4v) is 3.28. The lowest BCUT2D eigenvalue weighted by molar-refractivity contribution is 0.102. The number of hydrogen-bond donors (Lipinski definition) is 1. The molecule has 4 nitrogen and oxygen atoms in total. The second-order valence-electron chi connectivity index (χ2n) is 4.81. The number of aromatic amines is 1. The molecule has 0 saturated heterocycles. The lowest BCUT2D eigenvalue weighted by Crippen LogP contribution is -2.02. The largest absolute Gasteiger partial charge is 0.293 e. The Balaban J connectivity index is 1.68. The van der Waals surface area contributed by atoms with E-state index in [0.717, 1.165) is 0 Å². The van der Waals surface area contributed by atoms with E-state index in [9.17, 15) is 4.79 Å². The van der Waals surface area contributed by atoms with Gasteiger partial charge in [0.15, 0.2) is 11.6 Å². The summed E-state index contributed by atoms with van der Waals surface area (Å²) in [6.45, 7) is 0. The van der Waals surface area contributed by atoms with Crippen LogP contribution in [-0.4, -0.2) is 26.7 Å². The van der Waals surface area contributed by atoms with Crippen LogP contribution in [0.3, 0.4) is 0 Å². The SMILES string of the molecule is O=C(CSc1n[nH]c(-c2ccc(Cl)cc2Cl)n1)c1ccc(Cl)cc1. The highest BCUT2D eigenvalue weighted by Gasteiger charge is 2.12. The van der Waals surface area contributed by atoms with E-state index in [-0.39, 0.29) is 11.5 Å². The molecule has 1 heterocycles. The Hall–Kier alpha value is -1.53. The normalized spacial score (nSPS) is 10.8. The number of Topliss-reactive ketones (excluding diaryl/α,β-unsaturated/α-hetero) is 1. The molecule has 1 aromatic heterocycles. The van der Waals surface area contributed by atoms with Gasteiger partial charge >= 0.3 is 0 Å². The van der Waals surface area contributed by atoms with E-state index in [1.54, 1.807) is 42.5 Å². The summed E-state index contributed by atoms with van der Waals surface area (Å²) >= 11 is 19.1. The van der Waals surface area contributed by atoms with E-state index in [0.29, 0.717) is 37.2 Å². The van der Waals surface area contributed by atoms with Gasteiger partial charge in [-0.2, -0.15) is 0 Å². The van der Waals surface area contributed by atoms with Crippen molar-refractivity contribution in [2.75, 3.05) is 5.75 Å². The van der Waals surface area contributed by atoms with Crippen LogP contribution in [0.2, 0.25) is 15.1 Å². The minimum Gasteiger partial charge on any atom is -0.293 e. The number of carbonyl (C=O) groups is 1. The Kier molecular flexibility index (Phi) is 5.46. The Morgan fingerprint density at radius 1 is 1.04 bits per heavy atom. The number of ketones is 1. The van der Waals surface area contributed by atoms with E-state index in [4.69, 9.17) is 34.8 Å².